The summed E-state index contributed by atoms with van der Waals surface area (Å²) >= 11 is 0. The molecule has 3 rings (SSSR count). The fraction of sp³-hybridized carbons (Fsp3) is 0.304. The predicted octanol–water partition coefficient (Wildman–Crippen LogP) is 3.52. The van der Waals surface area contributed by atoms with Gasteiger partial charge in [-0.15, -0.1) is 0 Å². The highest BCUT2D eigenvalue weighted by molar-refractivity contribution is 5.78. The molecule has 28 heavy (non-hydrogen) atoms. The van der Waals surface area contributed by atoms with E-state index in [1.807, 2.05) is 42.8 Å². The van der Waals surface area contributed by atoms with Crippen LogP contribution in [0.15, 0.2) is 60.8 Å². The number of aryl methyl sites for hydroxylation is 1. The largest absolute Gasteiger partial charge is 0.353 e. The van der Waals surface area contributed by atoms with Gasteiger partial charge in [-0.25, -0.2) is 0 Å². The molecule has 0 spiro atoms. The van der Waals surface area contributed by atoms with E-state index in [0.29, 0.717) is 13.1 Å². The standard InChI is InChI=1S/C23H28N4O/c1-17(2)25-22(28)14-24-13-21-16-27(15-19-9-5-4-6-10-19)26-23(21)20-11-7-8-18(3)12-20/h4-12,16-17,24H,13-15H2,1-3H3,(H,25,28). The van der Waals surface area contributed by atoms with Crippen molar-refractivity contribution in [1.82, 2.24) is 20.4 Å². The molecule has 5 nitrogen and oxygen atoms in total. The van der Waals surface area contributed by atoms with Gasteiger partial charge in [0.05, 0.1) is 18.8 Å². The average molecular weight is 377 g/mol. The molecule has 1 aromatic heterocycles. The maximum atomic E-state index is 11.9. The van der Waals surface area contributed by atoms with E-state index in [9.17, 15) is 4.79 Å². The number of rotatable bonds is 8. The molecule has 0 unspecified atom stereocenters. The highest BCUT2D eigenvalue weighted by Crippen LogP contribution is 2.23. The Hall–Kier alpha value is -2.92. The average Bonchev–Trinajstić information content (AvgIpc) is 3.04. The van der Waals surface area contributed by atoms with Crippen molar-refractivity contribution in [3.8, 4) is 11.3 Å². The maximum absolute atomic E-state index is 11.9. The minimum atomic E-state index is 0.00350. The first kappa shape index (κ1) is 19.8. The Kier molecular flexibility index (Phi) is 6.61. The van der Waals surface area contributed by atoms with Gasteiger partial charge in [-0.2, -0.15) is 5.10 Å². The molecule has 0 aliphatic rings. The van der Waals surface area contributed by atoms with Crippen LogP contribution >= 0.6 is 0 Å². The molecule has 3 aromatic rings. The van der Waals surface area contributed by atoms with Gasteiger partial charge in [0.1, 0.15) is 0 Å². The predicted molar refractivity (Wildman–Crippen MR) is 113 cm³/mol. The van der Waals surface area contributed by atoms with E-state index in [1.54, 1.807) is 0 Å². The zero-order chi connectivity index (χ0) is 19.9. The molecule has 1 heterocycles. The lowest BCUT2D eigenvalue weighted by atomic mass is 10.1. The Morgan fingerprint density at radius 1 is 1.11 bits per heavy atom. The van der Waals surface area contributed by atoms with Crippen LogP contribution in [0.3, 0.4) is 0 Å². The van der Waals surface area contributed by atoms with Crippen LogP contribution in [-0.2, 0) is 17.9 Å². The minimum absolute atomic E-state index is 0.00350. The molecule has 0 atom stereocenters. The van der Waals surface area contributed by atoms with Crippen molar-refractivity contribution in [2.75, 3.05) is 6.54 Å². The van der Waals surface area contributed by atoms with Crippen LogP contribution in [0, 0.1) is 6.92 Å². The van der Waals surface area contributed by atoms with Crippen LogP contribution in [0.5, 0.6) is 0 Å². The number of aromatic nitrogens is 2. The topological polar surface area (TPSA) is 59.0 Å². The van der Waals surface area contributed by atoms with Crippen molar-refractivity contribution in [3.05, 3.63) is 77.5 Å². The van der Waals surface area contributed by atoms with E-state index >= 15 is 0 Å². The van der Waals surface area contributed by atoms with E-state index < -0.39 is 0 Å². The molecule has 146 valence electrons. The lowest BCUT2D eigenvalue weighted by molar-refractivity contribution is -0.120. The third-order valence-corrected chi connectivity index (χ3v) is 4.37. The number of amides is 1. The van der Waals surface area contributed by atoms with Crippen LogP contribution in [0.2, 0.25) is 0 Å². The van der Waals surface area contributed by atoms with Crippen LogP contribution in [0.25, 0.3) is 11.3 Å². The van der Waals surface area contributed by atoms with E-state index in [1.165, 1.54) is 11.1 Å². The summed E-state index contributed by atoms with van der Waals surface area (Å²) in [6, 6.07) is 18.8. The van der Waals surface area contributed by atoms with Crippen molar-refractivity contribution in [3.63, 3.8) is 0 Å². The Morgan fingerprint density at radius 3 is 2.61 bits per heavy atom. The lowest BCUT2D eigenvalue weighted by Crippen LogP contribution is -2.37. The molecule has 0 aliphatic heterocycles. The fourth-order valence-electron chi connectivity index (χ4n) is 3.16. The van der Waals surface area contributed by atoms with Gasteiger partial charge >= 0.3 is 0 Å². The van der Waals surface area contributed by atoms with E-state index in [2.05, 4.69) is 54.1 Å². The van der Waals surface area contributed by atoms with Crippen LogP contribution < -0.4 is 10.6 Å². The number of nitrogens with one attached hydrogen (secondary N) is 2. The Balaban J connectivity index is 1.79. The maximum Gasteiger partial charge on any atom is 0.234 e. The van der Waals surface area contributed by atoms with Crippen molar-refractivity contribution in [2.45, 2.75) is 39.9 Å². The zero-order valence-corrected chi connectivity index (χ0v) is 16.8. The Bertz CT molecular complexity index is 915. The van der Waals surface area contributed by atoms with E-state index in [0.717, 1.165) is 16.8 Å². The number of benzene rings is 2. The SMILES string of the molecule is Cc1cccc(-c2nn(Cc3ccccc3)cc2CNCC(=O)NC(C)C)c1. The summed E-state index contributed by atoms with van der Waals surface area (Å²) in [5.41, 5.74) is 5.53. The third kappa shape index (κ3) is 5.54. The van der Waals surface area contributed by atoms with E-state index in [-0.39, 0.29) is 18.5 Å². The number of hydrogen-bond donors (Lipinski definition) is 2. The number of nitrogens with zero attached hydrogens (tertiary/aromatic N) is 2. The first-order valence-electron chi connectivity index (χ1n) is 9.68. The summed E-state index contributed by atoms with van der Waals surface area (Å²) in [5, 5.41) is 11.0. The number of carbonyl (C=O) groups is 1. The van der Waals surface area contributed by atoms with Gasteiger partial charge in [-0.05, 0) is 32.4 Å². The molecule has 2 aromatic carbocycles. The highest BCUT2D eigenvalue weighted by atomic mass is 16.1. The molecule has 0 aliphatic carbocycles. The van der Waals surface area contributed by atoms with Crippen molar-refractivity contribution in [1.29, 1.82) is 0 Å². The summed E-state index contributed by atoms with van der Waals surface area (Å²) < 4.78 is 1.97. The molecule has 0 radical (unpaired) electrons. The third-order valence-electron chi connectivity index (χ3n) is 4.37. The van der Waals surface area contributed by atoms with Gasteiger partial charge in [-0.3, -0.25) is 9.48 Å². The van der Waals surface area contributed by atoms with Crippen LogP contribution in [0.4, 0.5) is 0 Å². The van der Waals surface area contributed by atoms with Gasteiger partial charge in [0.2, 0.25) is 5.91 Å². The van der Waals surface area contributed by atoms with Gasteiger partial charge in [0.25, 0.3) is 0 Å². The molecule has 1 amide bonds. The fourth-order valence-corrected chi connectivity index (χ4v) is 3.16. The minimum Gasteiger partial charge on any atom is -0.353 e. The Morgan fingerprint density at radius 2 is 1.89 bits per heavy atom. The zero-order valence-electron chi connectivity index (χ0n) is 16.8. The first-order chi connectivity index (χ1) is 13.5. The molecule has 5 heteroatoms. The second-order valence-corrected chi connectivity index (χ2v) is 7.38. The van der Waals surface area contributed by atoms with Crippen molar-refractivity contribution < 1.29 is 4.79 Å². The summed E-state index contributed by atoms with van der Waals surface area (Å²) in [7, 11) is 0. The summed E-state index contributed by atoms with van der Waals surface area (Å²) in [4.78, 5) is 11.9. The highest BCUT2D eigenvalue weighted by Gasteiger charge is 2.12. The van der Waals surface area contributed by atoms with Gasteiger partial charge < -0.3 is 10.6 Å². The molecular formula is C23H28N4O. The van der Waals surface area contributed by atoms with Crippen molar-refractivity contribution in [2.24, 2.45) is 0 Å². The molecular weight excluding hydrogens is 348 g/mol. The second kappa shape index (κ2) is 9.33. The Labute approximate surface area is 166 Å². The second-order valence-electron chi connectivity index (χ2n) is 7.38. The quantitative estimate of drug-likeness (QED) is 0.632. The smallest absolute Gasteiger partial charge is 0.234 e. The van der Waals surface area contributed by atoms with Crippen LogP contribution in [0.1, 0.15) is 30.5 Å². The normalized spacial score (nSPS) is 11.0. The molecule has 0 fully saturated rings. The lowest BCUT2D eigenvalue weighted by Gasteiger charge is -2.09. The molecule has 0 saturated heterocycles. The monoisotopic (exact) mass is 376 g/mol. The first-order valence-corrected chi connectivity index (χ1v) is 9.68. The van der Waals surface area contributed by atoms with Gasteiger partial charge in [0.15, 0.2) is 0 Å². The van der Waals surface area contributed by atoms with Crippen molar-refractivity contribution >= 4 is 5.91 Å². The summed E-state index contributed by atoms with van der Waals surface area (Å²) in [5.74, 6) is 0.00350. The number of hydrogen-bond acceptors (Lipinski definition) is 3. The summed E-state index contributed by atoms with van der Waals surface area (Å²) in [6.45, 7) is 7.59. The summed E-state index contributed by atoms with van der Waals surface area (Å²) in [6.07, 6.45) is 2.07. The molecule has 0 saturated carbocycles. The van der Waals surface area contributed by atoms with Gasteiger partial charge in [-0.1, -0.05) is 54.1 Å². The van der Waals surface area contributed by atoms with E-state index in [4.69, 9.17) is 5.10 Å². The molecule has 2 N–H and O–H groups in total. The molecule has 0 bridgehead atoms. The number of carbonyl (C=O) groups excluding carboxylic acids is 1. The van der Waals surface area contributed by atoms with Gasteiger partial charge in [0, 0.05) is 29.9 Å². The van der Waals surface area contributed by atoms with Crippen LogP contribution in [-0.4, -0.2) is 28.3 Å².